The monoisotopic (exact) mass is 408 g/mol. The van der Waals surface area contributed by atoms with E-state index in [9.17, 15) is 18.0 Å². The molecule has 2 rings (SSSR count). The van der Waals surface area contributed by atoms with E-state index in [1.54, 1.807) is 0 Å². The van der Waals surface area contributed by atoms with Crippen molar-refractivity contribution < 1.29 is 32.2 Å². The second-order valence-corrected chi connectivity index (χ2v) is 5.91. The Morgan fingerprint density at radius 1 is 1.08 bits per heavy atom. The maximum atomic E-state index is 12.7. The standard InChI is InChI=1S/C17H13Cl2F3O4/c1-9(24-2)25-16(23)12-8-11(4-5-13(12)18)26-15-6-3-10(7-14(15)19)17(20,21)22/h3-9H,1-2H3. The van der Waals surface area contributed by atoms with Crippen LogP contribution in [0.3, 0.4) is 0 Å². The van der Waals surface area contributed by atoms with Crippen LogP contribution in [0.1, 0.15) is 22.8 Å². The summed E-state index contributed by atoms with van der Waals surface area (Å²) < 4.78 is 53.3. The average molecular weight is 409 g/mol. The van der Waals surface area contributed by atoms with Crippen molar-refractivity contribution in [1.29, 1.82) is 0 Å². The minimum absolute atomic E-state index is 0.00781. The molecule has 0 aliphatic heterocycles. The van der Waals surface area contributed by atoms with E-state index in [0.717, 1.165) is 18.2 Å². The summed E-state index contributed by atoms with van der Waals surface area (Å²) in [5, 5.41) is -0.115. The second-order valence-electron chi connectivity index (χ2n) is 5.10. The van der Waals surface area contributed by atoms with Crippen LogP contribution in [0.5, 0.6) is 11.5 Å². The summed E-state index contributed by atoms with van der Waals surface area (Å²) in [6, 6.07) is 6.80. The number of esters is 1. The molecule has 1 unspecified atom stereocenters. The number of hydrogen-bond donors (Lipinski definition) is 0. The van der Waals surface area contributed by atoms with Gasteiger partial charge in [-0.25, -0.2) is 4.79 Å². The lowest BCUT2D eigenvalue weighted by atomic mass is 10.2. The first-order valence-corrected chi connectivity index (χ1v) is 7.95. The zero-order chi connectivity index (χ0) is 19.5. The molecule has 0 heterocycles. The van der Waals surface area contributed by atoms with Crippen molar-refractivity contribution in [3.63, 3.8) is 0 Å². The van der Waals surface area contributed by atoms with Gasteiger partial charge in [-0.15, -0.1) is 0 Å². The molecule has 0 amide bonds. The van der Waals surface area contributed by atoms with Gasteiger partial charge in [0, 0.05) is 7.11 Å². The van der Waals surface area contributed by atoms with E-state index in [2.05, 4.69) is 0 Å². The van der Waals surface area contributed by atoms with Crippen molar-refractivity contribution in [2.75, 3.05) is 7.11 Å². The Hall–Kier alpha value is -1.96. The fourth-order valence-electron chi connectivity index (χ4n) is 1.87. The molecule has 0 fully saturated rings. The molecule has 0 radical (unpaired) electrons. The fourth-order valence-corrected chi connectivity index (χ4v) is 2.29. The van der Waals surface area contributed by atoms with Crippen LogP contribution in [-0.4, -0.2) is 19.4 Å². The summed E-state index contributed by atoms with van der Waals surface area (Å²) in [7, 11) is 1.37. The molecule has 0 aliphatic carbocycles. The first kappa shape index (κ1) is 20.4. The molecule has 2 aromatic carbocycles. The number of benzene rings is 2. The number of hydrogen-bond acceptors (Lipinski definition) is 4. The van der Waals surface area contributed by atoms with Crippen LogP contribution < -0.4 is 4.74 Å². The maximum absolute atomic E-state index is 12.7. The number of rotatable bonds is 5. The number of ether oxygens (including phenoxy) is 3. The zero-order valence-electron chi connectivity index (χ0n) is 13.6. The van der Waals surface area contributed by atoms with Gasteiger partial charge in [0.2, 0.25) is 0 Å². The van der Waals surface area contributed by atoms with Crippen molar-refractivity contribution in [1.82, 2.24) is 0 Å². The average Bonchev–Trinajstić information content (AvgIpc) is 2.57. The van der Waals surface area contributed by atoms with Gasteiger partial charge in [-0.2, -0.15) is 13.2 Å². The van der Waals surface area contributed by atoms with E-state index in [1.165, 1.54) is 32.2 Å². The highest BCUT2D eigenvalue weighted by Gasteiger charge is 2.31. The first-order valence-electron chi connectivity index (χ1n) is 7.19. The summed E-state index contributed by atoms with van der Waals surface area (Å²) in [5.41, 5.74) is -0.889. The van der Waals surface area contributed by atoms with Gasteiger partial charge in [-0.3, -0.25) is 0 Å². The Kier molecular flexibility index (Phi) is 6.39. The Morgan fingerprint density at radius 2 is 1.77 bits per heavy atom. The summed E-state index contributed by atoms with van der Waals surface area (Å²) >= 11 is 11.8. The van der Waals surface area contributed by atoms with E-state index < -0.39 is 24.0 Å². The fraction of sp³-hybridized carbons (Fsp3) is 0.235. The molecule has 0 bridgehead atoms. The predicted molar refractivity (Wildman–Crippen MR) is 89.9 cm³/mol. The summed E-state index contributed by atoms with van der Waals surface area (Å²) in [6.07, 6.45) is -5.30. The molecule has 0 saturated carbocycles. The van der Waals surface area contributed by atoms with Crippen LogP contribution in [0.4, 0.5) is 13.2 Å². The lowest BCUT2D eigenvalue weighted by Gasteiger charge is -2.14. The van der Waals surface area contributed by atoms with Crippen molar-refractivity contribution in [3.05, 3.63) is 57.6 Å². The number of alkyl halides is 3. The van der Waals surface area contributed by atoms with Gasteiger partial charge in [0.05, 0.1) is 21.2 Å². The quantitative estimate of drug-likeness (QED) is 0.452. The molecule has 4 nitrogen and oxygen atoms in total. The van der Waals surface area contributed by atoms with Crippen LogP contribution in [0.15, 0.2) is 36.4 Å². The van der Waals surface area contributed by atoms with Crippen LogP contribution in [0.25, 0.3) is 0 Å². The zero-order valence-corrected chi connectivity index (χ0v) is 15.1. The summed E-state index contributed by atoms with van der Waals surface area (Å²) in [4.78, 5) is 12.1. The van der Waals surface area contributed by atoms with E-state index in [4.69, 9.17) is 37.4 Å². The van der Waals surface area contributed by atoms with Crippen LogP contribution in [0, 0.1) is 0 Å². The van der Waals surface area contributed by atoms with Gasteiger partial charge in [0.15, 0.2) is 6.29 Å². The molecule has 0 N–H and O–H groups in total. The van der Waals surface area contributed by atoms with Crippen LogP contribution in [-0.2, 0) is 15.7 Å². The first-order chi connectivity index (χ1) is 12.1. The largest absolute Gasteiger partial charge is 0.456 e. The van der Waals surface area contributed by atoms with Crippen molar-refractivity contribution in [2.24, 2.45) is 0 Å². The van der Waals surface area contributed by atoms with Crippen molar-refractivity contribution >= 4 is 29.2 Å². The van der Waals surface area contributed by atoms with Gasteiger partial charge in [-0.05, 0) is 43.3 Å². The number of halogens is 5. The lowest BCUT2D eigenvalue weighted by molar-refractivity contribution is -0.137. The normalized spacial score (nSPS) is 12.6. The minimum Gasteiger partial charge on any atom is -0.456 e. The molecule has 1 atom stereocenters. The SMILES string of the molecule is COC(C)OC(=O)c1cc(Oc2ccc(C(F)(F)F)cc2Cl)ccc1Cl. The van der Waals surface area contributed by atoms with Gasteiger partial charge < -0.3 is 14.2 Å². The molecule has 0 aliphatic rings. The summed E-state index contributed by atoms with van der Waals surface area (Å²) in [5.74, 6) is -0.604. The summed E-state index contributed by atoms with van der Waals surface area (Å²) in [6.45, 7) is 1.52. The predicted octanol–water partition coefficient (Wildman–Crippen LogP) is 5.95. The van der Waals surface area contributed by atoms with Crippen LogP contribution in [0.2, 0.25) is 10.0 Å². The lowest BCUT2D eigenvalue weighted by Crippen LogP contribution is -2.16. The van der Waals surface area contributed by atoms with E-state index in [0.29, 0.717) is 0 Å². The van der Waals surface area contributed by atoms with Crippen molar-refractivity contribution in [3.8, 4) is 11.5 Å². The molecule has 0 saturated heterocycles. The highest BCUT2D eigenvalue weighted by molar-refractivity contribution is 6.33. The van der Waals surface area contributed by atoms with Gasteiger partial charge >= 0.3 is 12.1 Å². The van der Waals surface area contributed by atoms with E-state index in [-0.39, 0.29) is 27.1 Å². The third-order valence-corrected chi connectivity index (χ3v) is 3.87. The van der Waals surface area contributed by atoms with E-state index >= 15 is 0 Å². The Bertz CT molecular complexity index is 809. The van der Waals surface area contributed by atoms with Gasteiger partial charge in [-0.1, -0.05) is 23.2 Å². The molecule has 9 heteroatoms. The smallest absolute Gasteiger partial charge is 0.416 e. The third-order valence-electron chi connectivity index (χ3n) is 3.25. The Labute approximate surface area is 157 Å². The Morgan fingerprint density at radius 3 is 2.35 bits per heavy atom. The van der Waals surface area contributed by atoms with Gasteiger partial charge in [0.1, 0.15) is 11.5 Å². The van der Waals surface area contributed by atoms with Crippen LogP contribution >= 0.6 is 23.2 Å². The van der Waals surface area contributed by atoms with Gasteiger partial charge in [0.25, 0.3) is 0 Å². The van der Waals surface area contributed by atoms with Crippen molar-refractivity contribution in [2.45, 2.75) is 19.4 Å². The topological polar surface area (TPSA) is 44.8 Å². The molecule has 0 spiro atoms. The molecule has 140 valence electrons. The number of methoxy groups -OCH3 is 1. The number of carbonyl (C=O) groups excluding carboxylic acids is 1. The number of carbonyl (C=O) groups is 1. The molecular formula is C17H13Cl2F3O4. The molecule has 2 aromatic rings. The maximum Gasteiger partial charge on any atom is 0.416 e. The highest BCUT2D eigenvalue weighted by atomic mass is 35.5. The van der Waals surface area contributed by atoms with E-state index in [1.807, 2.05) is 0 Å². The highest BCUT2D eigenvalue weighted by Crippen LogP contribution is 2.37. The Balaban J connectivity index is 2.25. The third kappa shape index (κ3) is 5.03. The minimum atomic E-state index is -4.52. The second kappa shape index (κ2) is 8.16. The molecule has 0 aromatic heterocycles. The molecular weight excluding hydrogens is 396 g/mol. The molecule has 26 heavy (non-hydrogen) atoms.